The molecule has 0 radical (unpaired) electrons. The summed E-state index contributed by atoms with van der Waals surface area (Å²) in [6.07, 6.45) is -2.75. The Hall–Kier alpha value is -1.63. The Balaban J connectivity index is 2.00. The molecule has 1 aliphatic carbocycles. The molecule has 0 heterocycles. The van der Waals surface area contributed by atoms with E-state index in [9.17, 15) is 22.4 Å². The third-order valence-electron chi connectivity index (χ3n) is 3.29. The third kappa shape index (κ3) is 4.42. The molecule has 2 N–H and O–H groups in total. The molecule has 1 unspecified atom stereocenters. The van der Waals surface area contributed by atoms with Crippen molar-refractivity contribution < 1.29 is 22.4 Å². The molecule has 1 atom stereocenters. The van der Waals surface area contributed by atoms with Crippen molar-refractivity contribution in [3.05, 3.63) is 35.1 Å². The fourth-order valence-corrected chi connectivity index (χ4v) is 1.88. The van der Waals surface area contributed by atoms with Gasteiger partial charge in [0.05, 0.1) is 11.6 Å². The number of halogens is 4. The molecule has 116 valence electrons. The van der Waals surface area contributed by atoms with Crippen LogP contribution in [0.2, 0.25) is 0 Å². The van der Waals surface area contributed by atoms with Gasteiger partial charge in [-0.15, -0.1) is 0 Å². The van der Waals surface area contributed by atoms with Crippen LogP contribution in [0, 0.1) is 5.82 Å². The zero-order valence-corrected chi connectivity index (χ0v) is 11.4. The van der Waals surface area contributed by atoms with Crippen molar-refractivity contribution in [2.45, 2.75) is 44.6 Å². The van der Waals surface area contributed by atoms with E-state index in [2.05, 4.69) is 10.6 Å². The summed E-state index contributed by atoms with van der Waals surface area (Å²) in [4.78, 5) is 11.7. The predicted molar refractivity (Wildman–Crippen MR) is 68.9 cm³/mol. The first-order valence-corrected chi connectivity index (χ1v) is 6.67. The monoisotopic (exact) mass is 304 g/mol. The summed E-state index contributed by atoms with van der Waals surface area (Å²) in [6, 6.07) is 2.10. The summed E-state index contributed by atoms with van der Waals surface area (Å²) in [6.45, 7) is 1.42. The van der Waals surface area contributed by atoms with Crippen molar-refractivity contribution in [1.29, 1.82) is 0 Å². The van der Waals surface area contributed by atoms with Gasteiger partial charge in [-0.2, -0.15) is 13.2 Å². The first-order valence-electron chi connectivity index (χ1n) is 6.67. The Morgan fingerprint density at radius 2 is 2.05 bits per heavy atom. The normalized spacial score (nSPS) is 16.6. The van der Waals surface area contributed by atoms with E-state index >= 15 is 0 Å². The molecule has 1 aromatic rings. The molecule has 21 heavy (non-hydrogen) atoms. The maximum Gasteiger partial charge on any atom is 0.416 e. The number of carbonyl (C=O) groups excluding carboxylic acids is 1. The summed E-state index contributed by atoms with van der Waals surface area (Å²) in [5.74, 6) is -1.18. The zero-order chi connectivity index (χ0) is 15.6. The van der Waals surface area contributed by atoms with Crippen molar-refractivity contribution in [3.63, 3.8) is 0 Å². The van der Waals surface area contributed by atoms with E-state index in [1.165, 1.54) is 0 Å². The van der Waals surface area contributed by atoms with Crippen LogP contribution < -0.4 is 10.6 Å². The highest BCUT2D eigenvalue weighted by atomic mass is 19.4. The van der Waals surface area contributed by atoms with E-state index in [-0.39, 0.29) is 24.1 Å². The number of amides is 1. The molecule has 1 amide bonds. The van der Waals surface area contributed by atoms with E-state index in [0.29, 0.717) is 6.07 Å². The van der Waals surface area contributed by atoms with E-state index in [1.54, 1.807) is 6.92 Å². The van der Waals surface area contributed by atoms with Gasteiger partial charge >= 0.3 is 6.18 Å². The second kappa shape index (κ2) is 6.01. The number of nitrogens with one attached hydrogen (secondary N) is 2. The molecule has 7 heteroatoms. The molecular formula is C14H16F4N2O. The lowest BCUT2D eigenvalue weighted by molar-refractivity contribution is -0.138. The third-order valence-corrected chi connectivity index (χ3v) is 3.29. The summed E-state index contributed by atoms with van der Waals surface area (Å²) in [5, 5.41) is 5.49. The average molecular weight is 304 g/mol. The van der Waals surface area contributed by atoms with Crippen LogP contribution in [-0.4, -0.2) is 18.0 Å². The van der Waals surface area contributed by atoms with Crippen molar-refractivity contribution in [2.24, 2.45) is 0 Å². The minimum absolute atomic E-state index is 0.0880. The summed E-state index contributed by atoms with van der Waals surface area (Å²) >= 11 is 0. The predicted octanol–water partition coefficient (Wildman–Crippen LogP) is 2.60. The number of alkyl halides is 3. The van der Waals surface area contributed by atoms with Crippen LogP contribution in [0.1, 0.15) is 30.9 Å². The molecular weight excluding hydrogens is 288 g/mol. The lowest BCUT2D eigenvalue weighted by atomic mass is 10.1. The number of benzene rings is 1. The van der Waals surface area contributed by atoms with Crippen molar-refractivity contribution in [2.75, 3.05) is 0 Å². The molecule has 3 nitrogen and oxygen atoms in total. The Bertz CT molecular complexity index is 526. The summed E-state index contributed by atoms with van der Waals surface area (Å²) in [7, 11) is 0. The van der Waals surface area contributed by atoms with Gasteiger partial charge in [-0.05, 0) is 37.5 Å². The smallest absolute Gasteiger partial charge is 0.352 e. The maximum atomic E-state index is 13.0. The standard InChI is InChI=1S/C14H16F4N2O/c1-8(13(21)20-11-4-5-11)19-7-9-2-3-10(15)6-12(9)14(16,17)18/h2-3,6,8,11,19H,4-5,7H2,1H3,(H,20,21). The van der Waals surface area contributed by atoms with E-state index in [4.69, 9.17) is 0 Å². The van der Waals surface area contributed by atoms with Gasteiger partial charge in [0.15, 0.2) is 0 Å². The molecule has 0 spiro atoms. The van der Waals surface area contributed by atoms with Crippen LogP contribution in [0.5, 0.6) is 0 Å². The van der Waals surface area contributed by atoms with Crippen LogP contribution in [0.15, 0.2) is 18.2 Å². The lowest BCUT2D eigenvalue weighted by Gasteiger charge is -2.17. The molecule has 1 saturated carbocycles. The van der Waals surface area contributed by atoms with Crippen molar-refractivity contribution in [3.8, 4) is 0 Å². The number of rotatable bonds is 5. The zero-order valence-electron chi connectivity index (χ0n) is 11.4. The first-order chi connectivity index (χ1) is 9.77. The molecule has 0 aliphatic heterocycles. The van der Waals surface area contributed by atoms with E-state index in [0.717, 1.165) is 25.0 Å². The van der Waals surface area contributed by atoms with Crippen LogP contribution >= 0.6 is 0 Å². The summed E-state index contributed by atoms with van der Waals surface area (Å²) < 4.78 is 51.4. The SMILES string of the molecule is CC(NCc1ccc(F)cc1C(F)(F)F)C(=O)NC1CC1. The highest BCUT2D eigenvalue weighted by Gasteiger charge is 2.34. The van der Waals surface area contributed by atoms with Crippen LogP contribution in [-0.2, 0) is 17.5 Å². The number of carbonyl (C=O) groups is 1. The van der Waals surface area contributed by atoms with Crippen LogP contribution in [0.3, 0.4) is 0 Å². The Kier molecular flexibility index (Phi) is 4.51. The molecule has 0 bridgehead atoms. The number of hydrogen-bond acceptors (Lipinski definition) is 2. The van der Waals surface area contributed by atoms with Gasteiger partial charge in [0.2, 0.25) is 5.91 Å². The fraction of sp³-hybridized carbons (Fsp3) is 0.500. The van der Waals surface area contributed by atoms with Gasteiger partial charge in [0.1, 0.15) is 5.82 Å². The quantitative estimate of drug-likeness (QED) is 0.821. The Labute approximate surface area is 119 Å². The maximum absolute atomic E-state index is 13.0. The second-order valence-electron chi connectivity index (χ2n) is 5.18. The van der Waals surface area contributed by atoms with E-state index < -0.39 is 23.6 Å². The molecule has 0 aromatic heterocycles. The van der Waals surface area contributed by atoms with Gasteiger partial charge in [-0.25, -0.2) is 4.39 Å². The van der Waals surface area contributed by atoms with E-state index in [1.807, 2.05) is 0 Å². The average Bonchev–Trinajstić information content (AvgIpc) is 3.19. The highest BCUT2D eigenvalue weighted by molar-refractivity contribution is 5.81. The molecule has 0 saturated heterocycles. The fourth-order valence-electron chi connectivity index (χ4n) is 1.88. The van der Waals surface area contributed by atoms with Gasteiger partial charge in [-0.3, -0.25) is 4.79 Å². The Morgan fingerprint density at radius 1 is 1.38 bits per heavy atom. The van der Waals surface area contributed by atoms with Crippen LogP contribution in [0.25, 0.3) is 0 Å². The van der Waals surface area contributed by atoms with Crippen molar-refractivity contribution in [1.82, 2.24) is 10.6 Å². The lowest BCUT2D eigenvalue weighted by Crippen LogP contribution is -2.42. The largest absolute Gasteiger partial charge is 0.416 e. The van der Waals surface area contributed by atoms with Crippen LogP contribution in [0.4, 0.5) is 17.6 Å². The van der Waals surface area contributed by atoms with Gasteiger partial charge in [0.25, 0.3) is 0 Å². The molecule has 1 fully saturated rings. The minimum atomic E-state index is -4.63. The number of hydrogen-bond donors (Lipinski definition) is 2. The summed E-state index contributed by atoms with van der Waals surface area (Å²) in [5.41, 5.74) is -1.11. The topological polar surface area (TPSA) is 41.1 Å². The minimum Gasteiger partial charge on any atom is -0.352 e. The molecule has 1 aromatic carbocycles. The van der Waals surface area contributed by atoms with Crippen molar-refractivity contribution >= 4 is 5.91 Å². The first kappa shape index (κ1) is 15.8. The Morgan fingerprint density at radius 3 is 2.62 bits per heavy atom. The second-order valence-corrected chi connectivity index (χ2v) is 5.18. The van der Waals surface area contributed by atoms with Gasteiger partial charge in [0, 0.05) is 12.6 Å². The van der Waals surface area contributed by atoms with Gasteiger partial charge in [-0.1, -0.05) is 6.07 Å². The van der Waals surface area contributed by atoms with Gasteiger partial charge < -0.3 is 10.6 Å². The molecule has 2 rings (SSSR count). The molecule has 1 aliphatic rings. The highest BCUT2D eigenvalue weighted by Crippen LogP contribution is 2.32.